The van der Waals surface area contributed by atoms with Gasteiger partial charge in [-0.15, -0.1) is 0 Å². The minimum Gasteiger partial charge on any atom is -0.493 e. The second-order valence-corrected chi connectivity index (χ2v) is 10.4. The molecule has 2 heterocycles. The van der Waals surface area contributed by atoms with E-state index in [-0.39, 0.29) is 12.2 Å². The lowest BCUT2D eigenvalue weighted by atomic mass is 9.95. The Bertz CT molecular complexity index is 872. The molecule has 0 spiro atoms. The molecule has 2 aromatic rings. The van der Waals surface area contributed by atoms with Gasteiger partial charge in [-0.05, 0) is 86.8 Å². The molecule has 0 aromatic heterocycles. The van der Waals surface area contributed by atoms with E-state index < -0.39 is 0 Å². The van der Waals surface area contributed by atoms with Crippen LogP contribution >= 0.6 is 0 Å². The van der Waals surface area contributed by atoms with Crippen molar-refractivity contribution in [3.05, 3.63) is 47.5 Å². The zero-order valence-electron chi connectivity index (χ0n) is 22.1. The van der Waals surface area contributed by atoms with E-state index in [1.54, 1.807) is 0 Å². The summed E-state index contributed by atoms with van der Waals surface area (Å²) in [6.07, 6.45) is 5.26. The average Bonchev–Trinajstić information content (AvgIpc) is 2.88. The third-order valence-corrected chi connectivity index (χ3v) is 7.73. The maximum absolute atomic E-state index is 9.68. The molecule has 0 unspecified atom stereocenters. The maximum Gasteiger partial charge on any atom is 0.122 e. The van der Waals surface area contributed by atoms with Gasteiger partial charge >= 0.3 is 0 Å². The van der Waals surface area contributed by atoms with Gasteiger partial charge in [0.05, 0.1) is 25.4 Å². The Hall–Kier alpha value is -2.12. The lowest BCUT2D eigenvalue weighted by Crippen LogP contribution is -2.36. The van der Waals surface area contributed by atoms with E-state index >= 15 is 0 Å². The highest BCUT2D eigenvalue weighted by atomic mass is 16.5. The summed E-state index contributed by atoms with van der Waals surface area (Å²) in [5.41, 5.74) is 4.69. The molecule has 6 nitrogen and oxygen atoms in total. The van der Waals surface area contributed by atoms with E-state index in [1.807, 2.05) is 0 Å². The molecule has 2 saturated heterocycles. The number of nitrogens with zero attached hydrogens (tertiary/aromatic N) is 2. The van der Waals surface area contributed by atoms with Crippen LogP contribution in [-0.2, 0) is 0 Å². The first kappa shape index (κ1) is 26.9. The van der Waals surface area contributed by atoms with E-state index in [1.165, 1.54) is 11.1 Å². The van der Waals surface area contributed by atoms with Gasteiger partial charge in [-0.1, -0.05) is 24.3 Å². The molecule has 36 heavy (non-hydrogen) atoms. The monoisotopic (exact) mass is 496 g/mol. The molecule has 0 atom stereocenters. The second-order valence-electron chi connectivity index (χ2n) is 10.4. The number of benzene rings is 2. The highest BCUT2D eigenvalue weighted by molar-refractivity contribution is 5.74. The van der Waals surface area contributed by atoms with Crippen LogP contribution in [0, 0.1) is 13.8 Å². The predicted octanol–water partition coefficient (Wildman–Crippen LogP) is 4.42. The standard InChI is InChI=1S/C30H44N2O4/c1-23-27(7-3-9-29(23)35-21-5-15-31-17-11-25(33)12-18-31)28-8-4-10-30(24(28)2)36-22-6-16-32-19-13-26(34)14-20-32/h3-4,7-10,25-26,33-34H,5-6,11-22H2,1-2H3. The minimum absolute atomic E-state index is 0.120. The van der Waals surface area contributed by atoms with Crippen molar-refractivity contribution in [1.29, 1.82) is 0 Å². The fraction of sp³-hybridized carbons (Fsp3) is 0.600. The van der Waals surface area contributed by atoms with Gasteiger partial charge in [-0.25, -0.2) is 0 Å². The summed E-state index contributed by atoms with van der Waals surface area (Å²) in [6.45, 7) is 11.6. The molecule has 4 rings (SSSR count). The fourth-order valence-corrected chi connectivity index (χ4v) is 5.35. The zero-order chi connectivity index (χ0) is 25.3. The van der Waals surface area contributed by atoms with Crippen LogP contribution in [0.2, 0.25) is 0 Å². The van der Waals surface area contributed by atoms with Crippen LogP contribution in [0.5, 0.6) is 11.5 Å². The van der Waals surface area contributed by atoms with Gasteiger partial charge in [0, 0.05) is 39.3 Å². The SMILES string of the molecule is Cc1c(OCCCN2CCC(O)CC2)cccc1-c1cccc(OCCCN2CCC(O)CC2)c1C. The van der Waals surface area contributed by atoms with Crippen molar-refractivity contribution >= 4 is 0 Å². The average molecular weight is 497 g/mol. The first-order chi connectivity index (χ1) is 17.5. The number of piperidine rings is 2. The van der Waals surface area contributed by atoms with Crippen molar-refractivity contribution in [3.8, 4) is 22.6 Å². The van der Waals surface area contributed by atoms with E-state index in [2.05, 4.69) is 60.0 Å². The number of ether oxygens (including phenoxy) is 2. The Morgan fingerprint density at radius 2 is 1.06 bits per heavy atom. The third-order valence-electron chi connectivity index (χ3n) is 7.73. The van der Waals surface area contributed by atoms with Crippen LogP contribution in [0.3, 0.4) is 0 Å². The largest absolute Gasteiger partial charge is 0.493 e. The number of rotatable bonds is 11. The van der Waals surface area contributed by atoms with E-state index in [0.29, 0.717) is 13.2 Å². The number of aliphatic hydroxyl groups excluding tert-OH is 2. The van der Waals surface area contributed by atoms with Crippen LogP contribution in [0.1, 0.15) is 49.7 Å². The number of aliphatic hydroxyl groups is 2. The quantitative estimate of drug-likeness (QED) is 0.449. The second kappa shape index (κ2) is 13.4. The van der Waals surface area contributed by atoms with Crippen LogP contribution in [0.4, 0.5) is 0 Å². The molecule has 2 fully saturated rings. The molecule has 2 N–H and O–H groups in total. The van der Waals surface area contributed by atoms with Crippen molar-refractivity contribution < 1.29 is 19.7 Å². The van der Waals surface area contributed by atoms with Gasteiger partial charge in [-0.3, -0.25) is 0 Å². The summed E-state index contributed by atoms with van der Waals surface area (Å²) in [7, 11) is 0. The maximum atomic E-state index is 9.68. The molecule has 198 valence electrons. The van der Waals surface area contributed by atoms with Crippen LogP contribution in [-0.4, -0.2) is 84.7 Å². The molecule has 2 aliphatic heterocycles. The van der Waals surface area contributed by atoms with Gasteiger partial charge in [-0.2, -0.15) is 0 Å². The van der Waals surface area contributed by atoms with Crippen LogP contribution < -0.4 is 9.47 Å². The summed E-state index contributed by atoms with van der Waals surface area (Å²) >= 11 is 0. The van der Waals surface area contributed by atoms with Crippen LogP contribution in [0.15, 0.2) is 36.4 Å². The van der Waals surface area contributed by atoms with Crippen molar-refractivity contribution in [1.82, 2.24) is 9.80 Å². The van der Waals surface area contributed by atoms with Gasteiger partial charge in [0.1, 0.15) is 11.5 Å². The smallest absolute Gasteiger partial charge is 0.122 e. The van der Waals surface area contributed by atoms with E-state index in [0.717, 1.165) is 100 Å². The minimum atomic E-state index is -0.120. The summed E-state index contributed by atoms with van der Waals surface area (Å²) < 4.78 is 12.4. The first-order valence-corrected chi connectivity index (χ1v) is 13.8. The molecule has 2 aliphatic rings. The lowest BCUT2D eigenvalue weighted by Gasteiger charge is -2.29. The molecule has 0 bridgehead atoms. The molecule has 0 radical (unpaired) electrons. The van der Waals surface area contributed by atoms with Gasteiger partial charge < -0.3 is 29.5 Å². The van der Waals surface area contributed by atoms with Crippen LogP contribution in [0.25, 0.3) is 11.1 Å². The normalized spacial score (nSPS) is 18.4. The van der Waals surface area contributed by atoms with Crippen molar-refractivity contribution in [3.63, 3.8) is 0 Å². The molecule has 0 aliphatic carbocycles. The van der Waals surface area contributed by atoms with E-state index in [4.69, 9.17) is 9.47 Å². The molecule has 6 heteroatoms. The van der Waals surface area contributed by atoms with Crippen molar-refractivity contribution in [2.24, 2.45) is 0 Å². The predicted molar refractivity (Wildman–Crippen MR) is 145 cm³/mol. The summed E-state index contributed by atoms with van der Waals surface area (Å²) in [5.74, 6) is 1.89. The van der Waals surface area contributed by atoms with Gasteiger partial charge in [0.15, 0.2) is 0 Å². The fourth-order valence-electron chi connectivity index (χ4n) is 5.35. The van der Waals surface area contributed by atoms with Gasteiger partial charge in [0.25, 0.3) is 0 Å². The van der Waals surface area contributed by atoms with Crippen molar-refractivity contribution in [2.75, 3.05) is 52.5 Å². The van der Waals surface area contributed by atoms with Crippen molar-refractivity contribution in [2.45, 2.75) is 64.6 Å². The number of likely N-dealkylation sites (tertiary alicyclic amines) is 2. The Kier molecular flexibility index (Phi) is 10.0. The third kappa shape index (κ3) is 7.45. The lowest BCUT2D eigenvalue weighted by molar-refractivity contribution is 0.0797. The topological polar surface area (TPSA) is 65.4 Å². The Morgan fingerprint density at radius 1 is 0.667 bits per heavy atom. The Balaban J connectivity index is 1.29. The Labute approximate surface area is 216 Å². The van der Waals surface area contributed by atoms with Gasteiger partial charge in [0.2, 0.25) is 0 Å². The first-order valence-electron chi connectivity index (χ1n) is 13.8. The molecule has 0 saturated carbocycles. The molecule has 2 aromatic carbocycles. The molecular weight excluding hydrogens is 452 g/mol. The number of hydrogen-bond acceptors (Lipinski definition) is 6. The number of hydrogen-bond donors (Lipinski definition) is 2. The molecule has 0 amide bonds. The summed E-state index contributed by atoms with van der Waals surface area (Å²) in [6, 6.07) is 12.6. The summed E-state index contributed by atoms with van der Waals surface area (Å²) in [4.78, 5) is 4.84. The highest BCUT2D eigenvalue weighted by Gasteiger charge is 2.18. The Morgan fingerprint density at radius 3 is 1.44 bits per heavy atom. The zero-order valence-corrected chi connectivity index (χ0v) is 22.1. The molecular formula is C30H44N2O4. The van der Waals surface area contributed by atoms with E-state index in [9.17, 15) is 10.2 Å². The highest BCUT2D eigenvalue weighted by Crippen LogP contribution is 2.35. The summed E-state index contributed by atoms with van der Waals surface area (Å²) in [5, 5.41) is 19.4.